The standard InChI is InChI=1S/C17H14F3N3O3S.I2/c1-26-16-7-2-10(8-13(16)18)15-9-14(17(19)20)22-23(15)11-3-5-12(6-4-11)27(21,24)25;1-2/h2-9,17H,1H3,(H2,21,24,25);. The van der Waals surface area contributed by atoms with Gasteiger partial charge in [-0.25, -0.2) is 31.4 Å². The third kappa shape index (κ3) is 5.61. The highest BCUT2D eigenvalue weighted by molar-refractivity contribution is 15.0. The van der Waals surface area contributed by atoms with Crippen LogP contribution >= 0.6 is 37.2 Å². The van der Waals surface area contributed by atoms with Crippen LogP contribution in [-0.2, 0) is 10.0 Å². The molecule has 156 valence electrons. The number of sulfonamides is 1. The minimum absolute atomic E-state index is 0.0106. The Hall–Kier alpha value is -1.39. The summed E-state index contributed by atoms with van der Waals surface area (Å²) in [6, 6.07) is 10.3. The lowest BCUT2D eigenvalue weighted by molar-refractivity contribution is 0.145. The van der Waals surface area contributed by atoms with Crippen LogP contribution in [0.15, 0.2) is 53.4 Å². The number of rotatable bonds is 5. The number of benzene rings is 2. The van der Waals surface area contributed by atoms with Gasteiger partial charge in [-0.15, -0.1) is 0 Å². The number of hydrogen-bond donors (Lipinski definition) is 1. The molecule has 12 heteroatoms. The van der Waals surface area contributed by atoms with E-state index >= 15 is 0 Å². The molecule has 3 rings (SSSR count). The summed E-state index contributed by atoms with van der Waals surface area (Å²) in [6.07, 6.45) is -2.84. The monoisotopic (exact) mass is 651 g/mol. The molecule has 0 unspecified atom stereocenters. The molecule has 29 heavy (non-hydrogen) atoms. The van der Waals surface area contributed by atoms with Crippen LogP contribution in [0.3, 0.4) is 0 Å². The summed E-state index contributed by atoms with van der Waals surface area (Å²) in [5.74, 6) is -0.651. The smallest absolute Gasteiger partial charge is 0.282 e. The van der Waals surface area contributed by atoms with Crippen molar-refractivity contribution in [3.05, 3.63) is 60.0 Å². The summed E-state index contributed by atoms with van der Waals surface area (Å²) in [5.41, 5.74) is 0.302. The first-order chi connectivity index (χ1) is 13.7. The lowest BCUT2D eigenvalue weighted by Crippen LogP contribution is -2.12. The van der Waals surface area contributed by atoms with E-state index < -0.39 is 28.0 Å². The number of aromatic nitrogens is 2. The van der Waals surface area contributed by atoms with Crippen molar-refractivity contribution >= 4 is 47.3 Å². The van der Waals surface area contributed by atoms with Gasteiger partial charge in [0.2, 0.25) is 10.0 Å². The predicted molar refractivity (Wildman–Crippen MR) is 120 cm³/mol. The molecule has 0 amide bonds. The minimum atomic E-state index is -3.90. The molecule has 0 fully saturated rings. The van der Waals surface area contributed by atoms with E-state index in [0.717, 1.165) is 12.1 Å². The second kappa shape index (κ2) is 10.1. The molecule has 0 atom stereocenters. The summed E-state index contributed by atoms with van der Waals surface area (Å²) < 4.78 is 69.1. The molecule has 0 spiro atoms. The molecule has 0 radical (unpaired) electrons. The molecule has 0 aliphatic heterocycles. The predicted octanol–water partition coefficient (Wildman–Crippen LogP) is 5.04. The number of nitrogens with zero attached hydrogens (tertiary/aromatic N) is 2. The van der Waals surface area contributed by atoms with E-state index in [1.54, 1.807) is 0 Å². The zero-order valence-corrected chi connectivity index (χ0v) is 19.8. The molecular formula is C17H14F3I2N3O3S. The Kier molecular flexibility index (Phi) is 8.30. The van der Waals surface area contributed by atoms with Crippen molar-refractivity contribution in [2.24, 2.45) is 5.14 Å². The number of ether oxygens (including phenoxy) is 1. The fourth-order valence-electron chi connectivity index (χ4n) is 2.51. The second-order valence-electron chi connectivity index (χ2n) is 5.56. The van der Waals surface area contributed by atoms with Crippen molar-refractivity contribution in [2.45, 2.75) is 11.3 Å². The number of hydrogen-bond acceptors (Lipinski definition) is 4. The maximum absolute atomic E-state index is 14.0. The highest BCUT2D eigenvalue weighted by atomic mass is 128. The highest BCUT2D eigenvalue weighted by Gasteiger charge is 2.19. The lowest BCUT2D eigenvalue weighted by atomic mass is 10.1. The van der Waals surface area contributed by atoms with Gasteiger partial charge in [-0.2, -0.15) is 5.10 Å². The first kappa shape index (κ1) is 23.9. The Labute approximate surface area is 188 Å². The number of primary sulfonamides is 1. The molecule has 1 aromatic heterocycles. The minimum Gasteiger partial charge on any atom is -0.494 e. The molecule has 3 aromatic rings. The summed E-state index contributed by atoms with van der Waals surface area (Å²) in [7, 11) is -2.59. The van der Waals surface area contributed by atoms with Crippen LogP contribution in [0.4, 0.5) is 13.2 Å². The zero-order valence-electron chi connectivity index (χ0n) is 14.7. The van der Waals surface area contributed by atoms with E-state index in [4.69, 9.17) is 9.88 Å². The van der Waals surface area contributed by atoms with E-state index in [1.165, 1.54) is 48.2 Å². The number of nitrogens with two attached hydrogens (primary N) is 1. The average molecular weight is 651 g/mol. The van der Waals surface area contributed by atoms with Gasteiger partial charge < -0.3 is 4.74 Å². The van der Waals surface area contributed by atoms with Crippen molar-refractivity contribution < 1.29 is 26.3 Å². The van der Waals surface area contributed by atoms with Crippen molar-refractivity contribution in [1.82, 2.24) is 9.78 Å². The molecule has 1 heterocycles. The third-order valence-corrected chi connectivity index (χ3v) is 4.74. The molecule has 2 N–H and O–H groups in total. The van der Waals surface area contributed by atoms with Crippen molar-refractivity contribution in [2.75, 3.05) is 7.11 Å². The molecule has 0 aliphatic rings. The SMILES string of the molecule is COc1ccc(-c2cc(C(F)F)nn2-c2ccc(S(N)(=O)=O)cc2)cc1F.II. The Morgan fingerprint density at radius 2 is 1.72 bits per heavy atom. The maximum Gasteiger partial charge on any atom is 0.282 e. The summed E-state index contributed by atoms with van der Waals surface area (Å²) >= 11 is 4.24. The summed E-state index contributed by atoms with van der Waals surface area (Å²) in [5, 5.41) is 8.90. The normalized spacial score (nSPS) is 11.2. The summed E-state index contributed by atoms with van der Waals surface area (Å²) in [4.78, 5) is -0.135. The Balaban J connectivity index is 0.00000145. The van der Waals surface area contributed by atoms with Crippen LogP contribution in [0, 0.1) is 5.82 Å². The second-order valence-corrected chi connectivity index (χ2v) is 7.12. The van der Waals surface area contributed by atoms with Gasteiger partial charge in [0.1, 0.15) is 5.69 Å². The van der Waals surface area contributed by atoms with Gasteiger partial charge in [-0.05, 0) is 48.5 Å². The van der Waals surface area contributed by atoms with Gasteiger partial charge in [-0.3, -0.25) is 0 Å². The van der Waals surface area contributed by atoms with Gasteiger partial charge in [0.25, 0.3) is 6.43 Å². The topological polar surface area (TPSA) is 87.2 Å². The molecule has 0 saturated carbocycles. The summed E-state index contributed by atoms with van der Waals surface area (Å²) in [6.45, 7) is 0. The fourth-order valence-corrected chi connectivity index (χ4v) is 3.03. The molecule has 0 aliphatic carbocycles. The molecule has 0 bridgehead atoms. The Morgan fingerprint density at radius 1 is 1.10 bits per heavy atom. The highest BCUT2D eigenvalue weighted by Crippen LogP contribution is 2.31. The van der Waals surface area contributed by atoms with Gasteiger partial charge in [0.05, 0.1) is 23.4 Å². The first-order valence-corrected chi connectivity index (χ1v) is 15.5. The Bertz CT molecular complexity index is 1090. The maximum atomic E-state index is 14.0. The average Bonchev–Trinajstić information content (AvgIpc) is 3.15. The number of methoxy groups -OCH3 is 1. The molecule has 6 nitrogen and oxygen atoms in total. The van der Waals surface area contributed by atoms with Gasteiger partial charge >= 0.3 is 0 Å². The van der Waals surface area contributed by atoms with Crippen LogP contribution in [0.5, 0.6) is 5.75 Å². The molecular weight excluding hydrogens is 637 g/mol. The van der Waals surface area contributed by atoms with Gasteiger partial charge in [0, 0.05) is 42.8 Å². The number of alkyl halides is 2. The van der Waals surface area contributed by atoms with Crippen molar-refractivity contribution in [1.29, 1.82) is 0 Å². The van der Waals surface area contributed by atoms with E-state index in [-0.39, 0.29) is 16.3 Å². The van der Waals surface area contributed by atoms with Crippen LogP contribution < -0.4 is 9.88 Å². The van der Waals surface area contributed by atoms with Gasteiger partial charge in [0.15, 0.2) is 11.6 Å². The van der Waals surface area contributed by atoms with E-state index in [1.807, 2.05) is 0 Å². The van der Waals surface area contributed by atoms with Crippen LogP contribution in [0.25, 0.3) is 16.9 Å². The van der Waals surface area contributed by atoms with Crippen molar-refractivity contribution in [3.8, 4) is 22.7 Å². The third-order valence-electron chi connectivity index (χ3n) is 3.81. The molecule has 2 aromatic carbocycles. The van der Waals surface area contributed by atoms with Gasteiger partial charge in [-0.1, -0.05) is 0 Å². The van der Waals surface area contributed by atoms with Crippen molar-refractivity contribution in [3.63, 3.8) is 0 Å². The Morgan fingerprint density at radius 3 is 2.21 bits per heavy atom. The molecule has 0 saturated heterocycles. The van der Waals surface area contributed by atoms with E-state index in [0.29, 0.717) is 11.3 Å². The largest absolute Gasteiger partial charge is 0.494 e. The number of halogens is 5. The fraction of sp³-hybridized carbons (Fsp3) is 0.118. The zero-order chi connectivity index (χ0) is 21.8. The van der Waals surface area contributed by atoms with Crippen LogP contribution in [0.2, 0.25) is 0 Å². The van der Waals surface area contributed by atoms with Crippen LogP contribution in [-0.4, -0.2) is 25.3 Å². The first-order valence-electron chi connectivity index (χ1n) is 7.70. The lowest BCUT2D eigenvalue weighted by Gasteiger charge is -2.09. The van der Waals surface area contributed by atoms with Crippen LogP contribution in [0.1, 0.15) is 12.1 Å². The van der Waals surface area contributed by atoms with E-state index in [2.05, 4.69) is 42.3 Å². The van der Waals surface area contributed by atoms with E-state index in [9.17, 15) is 21.6 Å². The quantitative estimate of drug-likeness (QED) is 0.392.